The lowest BCUT2D eigenvalue weighted by molar-refractivity contribution is 0.210. The molecule has 1 aromatic rings. The number of unbranched alkanes of at least 4 members (excludes halogenated alkanes) is 2. The average Bonchev–Trinajstić information content (AvgIpc) is 2.45. The topological polar surface area (TPSA) is 29.5 Å². The van der Waals surface area contributed by atoms with Crippen molar-refractivity contribution in [3.05, 3.63) is 35.4 Å². The number of hydrogen-bond acceptors (Lipinski definition) is 2. The van der Waals surface area contributed by atoms with Crippen molar-refractivity contribution in [1.82, 2.24) is 0 Å². The van der Waals surface area contributed by atoms with Gasteiger partial charge in [0.1, 0.15) is 11.9 Å². The van der Waals surface area contributed by atoms with Crippen molar-refractivity contribution >= 4 is 6.08 Å². The molecular formula is C17H24O2. The van der Waals surface area contributed by atoms with Crippen LogP contribution in [0.15, 0.2) is 29.8 Å². The second kappa shape index (κ2) is 7.34. The van der Waals surface area contributed by atoms with Gasteiger partial charge in [-0.15, -0.1) is 0 Å². The van der Waals surface area contributed by atoms with Crippen LogP contribution in [0.3, 0.4) is 0 Å². The zero-order valence-corrected chi connectivity index (χ0v) is 11.8. The Morgan fingerprint density at radius 2 is 2.00 bits per heavy atom. The molecule has 0 aromatic heterocycles. The van der Waals surface area contributed by atoms with Crippen LogP contribution in [0, 0.1) is 0 Å². The molecule has 19 heavy (non-hydrogen) atoms. The van der Waals surface area contributed by atoms with Gasteiger partial charge in [0.15, 0.2) is 0 Å². The molecule has 0 bridgehead atoms. The predicted molar refractivity (Wildman–Crippen MR) is 79.3 cm³/mol. The third kappa shape index (κ3) is 3.84. The second-order valence-corrected chi connectivity index (χ2v) is 5.19. The van der Waals surface area contributed by atoms with Crippen LogP contribution in [0.2, 0.25) is 0 Å². The van der Waals surface area contributed by atoms with E-state index in [1.807, 2.05) is 18.2 Å². The molecule has 0 radical (unpaired) electrons. The van der Waals surface area contributed by atoms with E-state index in [1.54, 1.807) is 0 Å². The molecule has 2 heteroatoms. The summed E-state index contributed by atoms with van der Waals surface area (Å²) >= 11 is 0. The minimum atomic E-state index is 0.202. The lowest BCUT2D eigenvalue weighted by atomic mass is 9.94. The van der Waals surface area contributed by atoms with E-state index in [-0.39, 0.29) is 12.7 Å². The molecule has 0 spiro atoms. The Morgan fingerprint density at radius 3 is 2.79 bits per heavy atom. The molecule has 0 amide bonds. The van der Waals surface area contributed by atoms with E-state index in [2.05, 4.69) is 19.1 Å². The summed E-state index contributed by atoms with van der Waals surface area (Å²) in [6.45, 7) is 2.47. The van der Waals surface area contributed by atoms with Gasteiger partial charge in [0.25, 0.3) is 0 Å². The zero-order valence-electron chi connectivity index (χ0n) is 11.8. The maximum Gasteiger partial charge on any atom is 0.127 e. The summed E-state index contributed by atoms with van der Waals surface area (Å²) in [5.41, 5.74) is 2.51. The summed E-state index contributed by atoms with van der Waals surface area (Å²) in [5.74, 6) is 0.997. The molecule has 0 saturated carbocycles. The number of aliphatic hydroxyl groups is 1. The molecule has 104 valence electrons. The third-order valence-corrected chi connectivity index (χ3v) is 3.64. The van der Waals surface area contributed by atoms with E-state index in [0.29, 0.717) is 0 Å². The highest BCUT2D eigenvalue weighted by molar-refractivity contribution is 5.62. The van der Waals surface area contributed by atoms with Crippen LogP contribution in [0.25, 0.3) is 6.08 Å². The number of aliphatic hydroxyl groups excluding tert-OH is 1. The largest absolute Gasteiger partial charge is 0.485 e. The molecule has 2 rings (SSSR count). The van der Waals surface area contributed by atoms with E-state index >= 15 is 0 Å². The van der Waals surface area contributed by atoms with Crippen LogP contribution in [-0.2, 0) is 0 Å². The lowest BCUT2D eigenvalue weighted by Crippen LogP contribution is -2.23. The van der Waals surface area contributed by atoms with Crippen LogP contribution in [0.1, 0.15) is 51.0 Å². The van der Waals surface area contributed by atoms with Crippen molar-refractivity contribution in [2.75, 3.05) is 6.61 Å². The van der Waals surface area contributed by atoms with Gasteiger partial charge in [-0.1, -0.05) is 38.0 Å². The summed E-state index contributed by atoms with van der Waals surface area (Å²) in [6, 6.07) is 8.20. The molecular weight excluding hydrogens is 236 g/mol. The summed E-state index contributed by atoms with van der Waals surface area (Å²) in [7, 11) is 0. The number of hydrogen-bond donors (Lipinski definition) is 1. The smallest absolute Gasteiger partial charge is 0.127 e. The average molecular weight is 260 g/mol. The van der Waals surface area contributed by atoms with Gasteiger partial charge in [0.05, 0.1) is 0 Å². The van der Waals surface area contributed by atoms with Gasteiger partial charge in [0.2, 0.25) is 0 Å². The minimum absolute atomic E-state index is 0.202. The predicted octanol–water partition coefficient (Wildman–Crippen LogP) is 4.18. The number of rotatable bonds is 7. The first-order valence-corrected chi connectivity index (χ1v) is 7.42. The quantitative estimate of drug-likeness (QED) is 0.745. The SMILES string of the molecule is CCCCCC1Oc2ccccc2C=C1CCCO. The van der Waals surface area contributed by atoms with Crippen molar-refractivity contribution in [3.8, 4) is 5.75 Å². The molecule has 1 aliphatic rings. The van der Waals surface area contributed by atoms with Crippen LogP contribution >= 0.6 is 0 Å². The number of para-hydroxylation sites is 1. The van der Waals surface area contributed by atoms with E-state index in [4.69, 9.17) is 9.84 Å². The van der Waals surface area contributed by atoms with Crippen LogP contribution < -0.4 is 4.74 Å². The minimum Gasteiger partial charge on any atom is -0.485 e. The zero-order chi connectivity index (χ0) is 13.5. The van der Waals surface area contributed by atoms with Gasteiger partial charge in [-0.25, -0.2) is 0 Å². The molecule has 1 N–H and O–H groups in total. The van der Waals surface area contributed by atoms with Crippen molar-refractivity contribution in [2.24, 2.45) is 0 Å². The van der Waals surface area contributed by atoms with Crippen molar-refractivity contribution in [1.29, 1.82) is 0 Å². The maximum absolute atomic E-state index is 9.02. The molecule has 0 saturated heterocycles. The highest BCUT2D eigenvalue weighted by atomic mass is 16.5. The van der Waals surface area contributed by atoms with E-state index in [1.165, 1.54) is 30.4 Å². The first kappa shape index (κ1) is 14.1. The van der Waals surface area contributed by atoms with Crippen LogP contribution in [-0.4, -0.2) is 17.8 Å². The van der Waals surface area contributed by atoms with E-state index in [9.17, 15) is 0 Å². The highest BCUT2D eigenvalue weighted by Crippen LogP contribution is 2.33. The van der Waals surface area contributed by atoms with Crippen LogP contribution in [0.5, 0.6) is 5.75 Å². The monoisotopic (exact) mass is 260 g/mol. The normalized spacial score (nSPS) is 17.6. The Kier molecular flexibility index (Phi) is 5.46. The summed E-state index contributed by atoms with van der Waals surface area (Å²) in [4.78, 5) is 0. The number of fused-ring (bicyclic) bond motifs is 1. The molecule has 1 heterocycles. The summed E-state index contributed by atoms with van der Waals surface area (Å²) in [6.07, 6.45) is 8.99. The Labute approximate surface area is 116 Å². The molecule has 1 atom stereocenters. The fraction of sp³-hybridized carbons (Fsp3) is 0.529. The Bertz CT molecular complexity index is 423. The third-order valence-electron chi connectivity index (χ3n) is 3.64. The Morgan fingerprint density at radius 1 is 1.16 bits per heavy atom. The van der Waals surface area contributed by atoms with Gasteiger partial charge in [-0.05, 0) is 43.4 Å². The number of benzene rings is 1. The molecule has 0 fully saturated rings. The Hall–Kier alpha value is -1.28. The fourth-order valence-electron chi connectivity index (χ4n) is 2.57. The molecule has 1 aromatic carbocycles. The standard InChI is InChI=1S/C17H24O2/c1-2-3-4-10-16-15(9-7-12-18)13-14-8-5-6-11-17(14)19-16/h5-6,8,11,13,16,18H,2-4,7,9-10,12H2,1H3. The summed E-state index contributed by atoms with van der Waals surface area (Å²) in [5, 5.41) is 9.02. The highest BCUT2D eigenvalue weighted by Gasteiger charge is 2.21. The van der Waals surface area contributed by atoms with Gasteiger partial charge in [-0.3, -0.25) is 0 Å². The van der Waals surface area contributed by atoms with Crippen molar-refractivity contribution in [3.63, 3.8) is 0 Å². The molecule has 1 aliphatic heterocycles. The fourth-order valence-corrected chi connectivity index (χ4v) is 2.57. The first-order chi connectivity index (χ1) is 9.35. The van der Waals surface area contributed by atoms with Gasteiger partial charge >= 0.3 is 0 Å². The van der Waals surface area contributed by atoms with Gasteiger partial charge in [-0.2, -0.15) is 0 Å². The van der Waals surface area contributed by atoms with E-state index in [0.717, 1.165) is 25.0 Å². The second-order valence-electron chi connectivity index (χ2n) is 5.19. The Balaban J connectivity index is 2.09. The van der Waals surface area contributed by atoms with Crippen molar-refractivity contribution in [2.45, 2.75) is 51.6 Å². The van der Waals surface area contributed by atoms with Crippen LogP contribution in [0.4, 0.5) is 0 Å². The van der Waals surface area contributed by atoms with Crippen molar-refractivity contribution < 1.29 is 9.84 Å². The molecule has 1 unspecified atom stereocenters. The molecule has 2 nitrogen and oxygen atoms in total. The summed E-state index contributed by atoms with van der Waals surface area (Å²) < 4.78 is 6.14. The molecule has 0 aliphatic carbocycles. The maximum atomic E-state index is 9.02. The first-order valence-electron chi connectivity index (χ1n) is 7.42. The van der Waals surface area contributed by atoms with E-state index < -0.39 is 0 Å². The van der Waals surface area contributed by atoms with Gasteiger partial charge in [0, 0.05) is 12.2 Å². The number of ether oxygens (including phenoxy) is 1. The lowest BCUT2D eigenvalue weighted by Gasteiger charge is -2.27. The van der Waals surface area contributed by atoms with Gasteiger partial charge < -0.3 is 9.84 Å².